The Labute approximate surface area is 211 Å². The normalized spacial score (nSPS) is 21.2. The first-order valence-corrected chi connectivity index (χ1v) is 12.3. The number of benzene rings is 1. The molecule has 0 unspecified atom stereocenters. The number of likely N-dealkylation sites (N-methyl/N-ethyl adjacent to an activating group) is 1. The number of carbonyl (C=O) groups is 1. The lowest BCUT2D eigenvalue weighted by Crippen LogP contribution is -2.38. The van der Waals surface area contributed by atoms with E-state index in [1.54, 1.807) is 6.20 Å². The molecule has 0 saturated heterocycles. The lowest BCUT2D eigenvalue weighted by atomic mass is 9.85. The molecule has 12 heteroatoms. The molecule has 0 spiro atoms. The van der Waals surface area contributed by atoms with Crippen LogP contribution in [0.4, 0.5) is 22.0 Å². The fraction of sp³-hybridized carbons (Fsp3) is 0.478. The molecule has 1 aromatic carbocycles. The van der Waals surface area contributed by atoms with Crippen molar-refractivity contribution in [2.24, 2.45) is 11.7 Å². The number of nitrogens with zero attached hydrogens (tertiary/aromatic N) is 5. The molecular formula is C23H26Cl2FN7O2. The lowest BCUT2D eigenvalue weighted by molar-refractivity contribution is -0.122. The molecule has 0 bridgehead atoms. The number of anilines is 3. The molecule has 0 aliphatic heterocycles. The van der Waals surface area contributed by atoms with Crippen LogP contribution < -0.4 is 16.0 Å². The molecule has 2 fully saturated rings. The average molecular weight is 522 g/mol. The molecule has 5 rings (SSSR count). The van der Waals surface area contributed by atoms with Crippen LogP contribution in [0.5, 0.6) is 0 Å². The number of fused-ring (bicyclic) bond motifs is 1. The SMILES string of the molecule is CN(c1ncc2nc(Nc3c(F)cc(Cl)cc3Cl)n([C@H]3CC[C@H](C(N)=O)CC3)c2n1)C1(CO)CC1. The van der Waals surface area contributed by atoms with Gasteiger partial charge >= 0.3 is 0 Å². The first kappa shape index (κ1) is 24.0. The van der Waals surface area contributed by atoms with Crippen molar-refractivity contribution in [3.8, 4) is 0 Å². The molecule has 35 heavy (non-hydrogen) atoms. The van der Waals surface area contributed by atoms with Crippen molar-refractivity contribution in [2.75, 3.05) is 23.9 Å². The summed E-state index contributed by atoms with van der Waals surface area (Å²) in [6, 6.07) is 2.58. The van der Waals surface area contributed by atoms with E-state index >= 15 is 0 Å². The second kappa shape index (κ2) is 9.07. The van der Waals surface area contributed by atoms with Gasteiger partial charge in [0, 0.05) is 24.0 Å². The molecule has 2 aromatic heterocycles. The van der Waals surface area contributed by atoms with Crippen LogP contribution >= 0.6 is 23.2 Å². The Balaban J connectivity index is 1.58. The van der Waals surface area contributed by atoms with Gasteiger partial charge in [-0.3, -0.25) is 9.36 Å². The number of hydrogen-bond acceptors (Lipinski definition) is 7. The molecule has 2 aliphatic carbocycles. The van der Waals surface area contributed by atoms with Crippen LogP contribution in [0, 0.1) is 11.7 Å². The predicted molar refractivity (Wildman–Crippen MR) is 133 cm³/mol. The number of amides is 1. The van der Waals surface area contributed by atoms with Gasteiger partial charge in [0.1, 0.15) is 11.3 Å². The second-order valence-electron chi connectivity index (χ2n) is 9.40. The van der Waals surface area contributed by atoms with Crippen molar-refractivity contribution >= 4 is 57.9 Å². The van der Waals surface area contributed by atoms with Crippen molar-refractivity contribution in [2.45, 2.75) is 50.1 Å². The second-order valence-corrected chi connectivity index (χ2v) is 10.2. The fourth-order valence-electron chi connectivity index (χ4n) is 4.83. The highest BCUT2D eigenvalue weighted by Gasteiger charge is 2.47. The van der Waals surface area contributed by atoms with E-state index in [0.29, 0.717) is 48.7 Å². The Morgan fingerprint density at radius 1 is 1.29 bits per heavy atom. The van der Waals surface area contributed by atoms with Crippen LogP contribution in [0.25, 0.3) is 11.2 Å². The zero-order valence-electron chi connectivity index (χ0n) is 19.1. The van der Waals surface area contributed by atoms with E-state index in [9.17, 15) is 14.3 Å². The number of aromatic nitrogens is 4. The smallest absolute Gasteiger partial charge is 0.227 e. The van der Waals surface area contributed by atoms with E-state index in [1.165, 1.54) is 12.1 Å². The quantitative estimate of drug-likeness (QED) is 0.425. The summed E-state index contributed by atoms with van der Waals surface area (Å²) in [5.41, 5.74) is 6.34. The van der Waals surface area contributed by atoms with Gasteiger partial charge in [-0.2, -0.15) is 4.98 Å². The third kappa shape index (κ3) is 4.39. The Morgan fingerprint density at radius 3 is 2.60 bits per heavy atom. The topological polar surface area (TPSA) is 122 Å². The van der Waals surface area contributed by atoms with Crippen LogP contribution in [0.15, 0.2) is 18.3 Å². The van der Waals surface area contributed by atoms with Gasteiger partial charge in [0.25, 0.3) is 0 Å². The number of nitrogens with one attached hydrogen (secondary N) is 1. The number of nitrogens with two attached hydrogens (primary N) is 1. The average Bonchev–Trinajstić information content (AvgIpc) is 3.55. The van der Waals surface area contributed by atoms with Gasteiger partial charge in [0.15, 0.2) is 5.65 Å². The van der Waals surface area contributed by atoms with Gasteiger partial charge in [-0.15, -0.1) is 0 Å². The molecule has 1 amide bonds. The van der Waals surface area contributed by atoms with E-state index in [1.807, 2.05) is 16.5 Å². The minimum Gasteiger partial charge on any atom is -0.394 e. The number of imidazole rings is 1. The summed E-state index contributed by atoms with van der Waals surface area (Å²) in [5.74, 6) is -0.238. The van der Waals surface area contributed by atoms with Gasteiger partial charge < -0.3 is 21.1 Å². The minimum absolute atomic E-state index is 0.0163. The summed E-state index contributed by atoms with van der Waals surface area (Å²) in [4.78, 5) is 27.5. The molecule has 2 aliphatic rings. The van der Waals surface area contributed by atoms with Crippen molar-refractivity contribution in [3.63, 3.8) is 0 Å². The van der Waals surface area contributed by atoms with E-state index in [-0.39, 0.29) is 45.7 Å². The number of primary amides is 1. The summed E-state index contributed by atoms with van der Waals surface area (Å²) >= 11 is 12.2. The van der Waals surface area contributed by atoms with Crippen molar-refractivity contribution in [1.82, 2.24) is 19.5 Å². The maximum Gasteiger partial charge on any atom is 0.227 e. The molecule has 0 atom stereocenters. The van der Waals surface area contributed by atoms with Gasteiger partial charge in [0.05, 0.1) is 29.1 Å². The molecule has 3 aromatic rings. The number of halogens is 3. The molecule has 9 nitrogen and oxygen atoms in total. The summed E-state index contributed by atoms with van der Waals surface area (Å²) < 4.78 is 16.7. The number of aliphatic hydroxyl groups is 1. The van der Waals surface area contributed by atoms with Crippen LogP contribution in [0.3, 0.4) is 0 Å². The molecule has 2 saturated carbocycles. The van der Waals surface area contributed by atoms with Crippen molar-refractivity contribution in [3.05, 3.63) is 34.2 Å². The van der Waals surface area contributed by atoms with Crippen molar-refractivity contribution < 1.29 is 14.3 Å². The predicted octanol–water partition coefficient (Wildman–Crippen LogP) is 4.19. The highest BCUT2D eigenvalue weighted by atomic mass is 35.5. The van der Waals surface area contributed by atoms with E-state index in [2.05, 4.69) is 15.3 Å². The third-order valence-electron chi connectivity index (χ3n) is 7.26. The monoisotopic (exact) mass is 521 g/mol. The highest BCUT2D eigenvalue weighted by molar-refractivity contribution is 6.36. The first-order valence-electron chi connectivity index (χ1n) is 11.5. The van der Waals surface area contributed by atoms with Crippen LogP contribution in [0.1, 0.15) is 44.6 Å². The summed E-state index contributed by atoms with van der Waals surface area (Å²) in [5, 5.41) is 13.2. The highest BCUT2D eigenvalue weighted by Crippen LogP contribution is 2.43. The summed E-state index contributed by atoms with van der Waals surface area (Å²) in [6.45, 7) is 0.0163. The first-order chi connectivity index (χ1) is 16.7. The minimum atomic E-state index is -0.608. The summed E-state index contributed by atoms with van der Waals surface area (Å²) in [7, 11) is 1.87. The maximum atomic E-state index is 14.7. The molecule has 4 N–H and O–H groups in total. The van der Waals surface area contributed by atoms with Gasteiger partial charge in [-0.05, 0) is 50.7 Å². The number of hydrogen-bond donors (Lipinski definition) is 3. The summed E-state index contributed by atoms with van der Waals surface area (Å²) in [6.07, 6.45) is 5.98. The van der Waals surface area contributed by atoms with E-state index < -0.39 is 5.82 Å². The Kier molecular flexibility index (Phi) is 6.23. The zero-order valence-corrected chi connectivity index (χ0v) is 20.7. The molecule has 2 heterocycles. The van der Waals surface area contributed by atoms with Crippen LogP contribution in [-0.4, -0.2) is 49.7 Å². The van der Waals surface area contributed by atoms with Gasteiger partial charge in [-0.25, -0.2) is 14.4 Å². The van der Waals surface area contributed by atoms with Crippen LogP contribution in [0.2, 0.25) is 10.0 Å². The molecule has 186 valence electrons. The third-order valence-corrected chi connectivity index (χ3v) is 7.78. The van der Waals surface area contributed by atoms with Crippen molar-refractivity contribution in [1.29, 1.82) is 0 Å². The molecular weight excluding hydrogens is 496 g/mol. The maximum absolute atomic E-state index is 14.7. The Morgan fingerprint density at radius 2 is 2.00 bits per heavy atom. The number of aliphatic hydroxyl groups excluding tert-OH is 1. The van der Waals surface area contributed by atoms with Crippen LogP contribution in [-0.2, 0) is 4.79 Å². The Hall–Kier alpha value is -2.69. The molecule has 0 radical (unpaired) electrons. The van der Waals surface area contributed by atoms with E-state index in [4.69, 9.17) is 33.9 Å². The largest absolute Gasteiger partial charge is 0.394 e. The van der Waals surface area contributed by atoms with Gasteiger partial charge in [-0.1, -0.05) is 23.2 Å². The zero-order chi connectivity index (χ0) is 24.9. The Bertz CT molecular complexity index is 1270. The fourth-order valence-corrected chi connectivity index (χ4v) is 5.34. The standard InChI is InChI=1S/C23H26Cl2FN7O2/c1-32(23(11-34)6-7-23)21-28-10-17-20(31-21)33(14-4-2-12(3-5-14)19(27)35)22(29-17)30-18-15(25)8-13(24)9-16(18)26/h8-10,12,14,34H,2-7,11H2,1H3,(H2,27,35)(H,29,30)/t12-,14-. The van der Waals surface area contributed by atoms with E-state index in [0.717, 1.165) is 12.8 Å². The number of rotatable bonds is 7. The number of carbonyl (C=O) groups excluding carboxylic acids is 1. The lowest BCUT2D eigenvalue weighted by Gasteiger charge is -2.29. The van der Waals surface area contributed by atoms with Gasteiger partial charge in [0.2, 0.25) is 17.8 Å².